The van der Waals surface area contributed by atoms with Crippen LogP contribution in [0, 0.1) is 11.6 Å². The van der Waals surface area contributed by atoms with Crippen molar-refractivity contribution in [3.63, 3.8) is 0 Å². The highest BCUT2D eigenvalue weighted by atomic mass is 32.2. The number of rotatable bonds is 6. The molecule has 0 saturated carbocycles. The largest absolute Gasteiger partial charge is 0.394 e. The minimum atomic E-state index is -0.866. The van der Waals surface area contributed by atoms with Gasteiger partial charge in [-0.1, -0.05) is 23.9 Å². The molecule has 0 bridgehead atoms. The number of aliphatic hydroxyl groups is 1. The molecule has 2 heterocycles. The van der Waals surface area contributed by atoms with Crippen LogP contribution in [0.1, 0.15) is 12.5 Å². The number of aromatic nitrogens is 3. The number of hydrogen-bond donors (Lipinski definition) is 3. The first kappa shape index (κ1) is 16.7. The Morgan fingerprint density at radius 2 is 2.12 bits per heavy atom. The quantitative estimate of drug-likeness (QED) is 0.470. The number of H-pyrrole nitrogens is 1. The van der Waals surface area contributed by atoms with Gasteiger partial charge in [-0.2, -0.15) is 0 Å². The van der Waals surface area contributed by atoms with Crippen molar-refractivity contribution in [2.75, 3.05) is 11.9 Å². The normalized spacial score (nSPS) is 12.5. The number of halogens is 2. The average Bonchev–Trinajstić information content (AvgIpc) is 3.05. The van der Waals surface area contributed by atoms with Crippen LogP contribution in [-0.2, 0) is 5.75 Å². The van der Waals surface area contributed by atoms with Gasteiger partial charge in [0.2, 0.25) is 0 Å². The maximum atomic E-state index is 13.7. The number of fused-ring (bicyclic) bond motifs is 1. The van der Waals surface area contributed by atoms with Gasteiger partial charge < -0.3 is 15.4 Å². The van der Waals surface area contributed by atoms with Crippen LogP contribution in [0.4, 0.5) is 14.6 Å². The van der Waals surface area contributed by atoms with Crippen molar-refractivity contribution in [1.82, 2.24) is 15.0 Å². The van der Waals surface area contributed by atoms with Crippen LogP contribution in [0.3, 0.4) is 0 Å². The molecule has 24 heavy (non-hydrogen) atoms. The molecule has 0 aliphatic rings. The summed E-state index contributed by atoms with van der Waals surface area (Å²) in [5, 5.41) is 12.7. The molecule has 126 valence electrons. The van der Waals surface area contributed by atoms with E-state index in [4.69, 9.17) is 0 Å². The fourth-order valence-corrected chi connectivity index (χ4v) is 3.00. The summed E-state index contributed by atoms with van der Waals surface area (Å²) in [6, 6.07) is 5.72. The number of anilines is 1. The van der Waals surface area contributed by atoms with Crippen LogP contribution in [0.15, 0.2) is 35.6 Å². The SMILES string of the molecule is C[C@H](CO)Nc1nc(SCc2cccc(F)c2F)nc2cc[nH]c12. The number of hydrogen-bond acceptors (Lipinski definition) is 5. The number of aromatic amines is 1. The number of nitrogens with one attached hydrogen (secondary N) is 2. The van der Waals surface area contributed by atoms with Crippen LogP contribution < -0.4 is 5.32 Å². The Balaban J connectivity index is 1.85. The molecule has 0 saturated heterocycles. The second-order valence-electron chi connectivity index (χ2n) is 5.32. The van der Waals surface area contributed by atoms with Crippen molar-refractivity contribution in [3.8, 4) is 0 Å². The van der Waals surface area contributed by atoms with Crippen LogP contribution in [-0.4, -0.2) is 32.7 Å². The van der Waals surface area contributed by atoms with Crippen molar-refractivity contribution in [3.05, 3.63) is 47.7 Å². The van der Waals surface area contributed by atoms with Gasteiger partial charge in [0.1, 0.15) is 5.52 Å². The van der Waals surface area contributed by atoms with Gasteiger partial charge in [-0.15, -0.1) is 0 Å². The number of aliphatic hydroxyl groups excluding tert-OH is 1. The summed E-state index contributed by atoms with van der Waals surface area (Å²) in [6.45, 7) is 1.79. The third kappa shape index (κ3) is 3.49. The van der Waals surface area contributed by atoms with E-state index in [1.165, 1.54) is 23.9 Å². The zero-order valence-corrected chi connectivity index (χ0v) is 13.7. The minimum absolute atomic E-state index is 0.0385. The third-order valence-corrected chi connectivity index (χ3v) is 4.33. The fourth-order valence-electron chi connectivity index (χ4n) is 2.17. The molecule has 3 aromatic rings. The van der Waals surface area contributed by atoms with E-state index in [-0.39, 0.29) is 24.0 Å². The lowest BCUT2D eigenvalue weighted by molar-refractivity contribution is 0.281. The lowest BCUT2D eigenvalue weighted by atomic mass is 10.2. The molecule has 0 aliphatic heterocycles. The molecule has 2 aromatic heterocycles. The monoisotopic (exact) mass is 350 g/mol. The maximum Gasteiger partial charge on any atom is 0.190 e. The Morgan fingerprint density at radius 3 is 2.92 bits per heavy atom. The highest BCUT2D eigenvalue weighted by Crippen LogP contribution is 2.27. The van der Waals surface area contributed by atoms with Crippen LogP contribution in [0.25, 0.3) is 11.0 Å². The van der Waals surface area contributed by atoms with Crippen molar-refractivity contribution in [1.29, 1.82) is 0 Å². The standard InChI is InChI=1S/C16H16F2N4OS/c1-9(7-23)20-15-14-12(5-6-19-14)21-16(22-15)24-8-10-3-2-4-11(17)13(10)18/h2-6,9,19,23H,7-8H2,1H3,(H,20,21,22)/t9-/m1/s1. The lowest BCUT2D eigenvalue weighted by Gasteiger charge is -2.13. The molecular formula is C16H16F2N4OS. The highest BCUT2D eigenvalue weighted by Gasteiger charge is 2.13. The van der Waals surface area contributed by atoms with Gasteiger partial charge in [0, 0.05) is 23.6 Å². The first-order valence-corrected chi connectivity index (χ1v) is 8.35. The molecule has 0 radical (unpaired) electrons. The number of thioether (sulfide) groups is 1. The van der Waals surface area contributed by atoms with Crippen LogP contribution in [0.5, 0.6) is 0 Å². The first-order valence-electron chi connectivity index (χ1n) is 7.36. The van der Waals surface area contributed by atoms with E-state index in [0.29, 0.717) is 16.5 Å². The summed E-state index contributed by atoms with van der Waals surface area (Å²) in [6.07, 6.45) is 1.74. The number of nitrogens with zero attached hydrogens (tertiary/aromatic N) is 2. The Labute approximate surface area is 141 Å². The lowest BCUT2D eigenvalue weighted by Crippen LogP contribution is -2.20. The highest BCUT2D eigenvalue weighted by molar-refractivity contribution is 7.98. The molecule has 1 aromatic carbocycles. The van der Waals surface area contributed by atoms with Gasteiger partial charge in [0.15, 0.2) is 22.6 Å². The summed E-state index contributed by atoms with van der Waals surface area (Å²) in [4.78, 5) is 11.9. The summed E-state index contributed by atoms with van der Waals surface area (Å²) in [5.74, 6) is -0.933. The fraction of sp³-hybridized carbons (Fsp3) is 0.250. The Hall–Kier alpha value is -2.19. The topological polar surface area (TPSA) is 73.8 Å². The van der Waals surface area contributed by atoms with Crippen molar-refractivity contribution in [2.45, 2.75) is 23.9 Å². The van der Waals surface area contributed by atoms with Gasteiger partial charge in [0.05, 0.1) is 12.1 Å². The Kier molecular flexibility index (Phi) is 4.96. The van der Waals surface area contributed by atoms with Crippen molar-refractivity contribution >= 4 is 28.6 Å². The second-order valence-corrected chi connectivity index (χ2v) is 6.26. The summed E-state index contributed by atoms with van der Waals surface area (Å²) < 4.78 is 27.0. The summed E-state index contributed by atoms with van der Waals surface area (Å²) in [7, 11) is 0. The van der Waals surface area contributed by atoms with E-state index in [2.05, 4.69) is 20.3 Å². The first-order chi connectivity index (χ1) is 11.6. The van der Waals surface area contributed by atoms with E-state index in [9.17, 15) is 13.9 Å². The molecule has 0 fully saturated rings. The molecule has 0 unspecified atom stereocenters. The summed E-state index contributed by atoms with van der Waals surface area (Å²) in [5.41, 5.74) is 1.70. The minimum Gasteiger partial charge on any atom is -0.394 e. The molecule has 8 heteroatoms. The van der Waals surface area contributed by atoms with Crippen LogP contribution in [0.2, 0.25) is 0 Å². The van der Waals surface area contributed by atoms with Crippen molar-refractivity contribution in [2.24, 2.45) is 0 Å². The molecule has 3 N–H and O–H groups in total. The van der Waals surface area contributed by atoms with Crippen molar-refractivity contribution < 1.29 is 13.9 Å². The van der Waals surface area contributed by atoms with Gasteiger partial charge in [-0.05, 0) is 19.1 Å². The Bertz CT molecular complexity index is 855. The molecule has 0 amide bonds. The maximum absolute atomic E-state index is 13.7. The Morgan fingerprint density at radius 1 is 1.29 bits per heavy atom. The predicted octanol–water partition coefficient (Wildman–Crippen LogP) is 3.32. The van der Waals surface area contributed by atoms with E-state index < -0.39 is 11.6 Å². The molecule has 5 nitrogen and oxygen atoms in total. The van der Waals surface area contributed by atoms with E-state index in [1.54, 1.807) is 12.3 Å². The van der Waals surface area contributed by atoms with Gasteiger partial charge >= 0.3 is 0 Å². The zero-order valence-electron chi connectivity index (χ0n) is 12.9. The molecule has 0 aliphatic carbocycles. The molecule has 0 spiro atoms. The smallest absolute Gasteiger partial charge is 0.190 e. The zero-order chi connectivity index (χ0) is 17.1. The number of benzene rings is 1. The van der Waals surface area contributed by atoms with E-state index in [1.807, 2.05) is 6.92 Å². The molecule has 1 atom stereocenters. The third-order valence-electron chi connectivity index (χ3n) is 3.43. The second kappa shape index (κ2) is 7.14. The van der Waals surface area contributed by atoms with Crippen LogP contribution >= 0.6 is 11.8 Å². The summed E-state index contributed by atoms with van der Waals surface area (Å²) >= 11 is 1.22. The molecular weight excluding hydrogens is 334 g/mol. The van der Waals surface area contributed by atoms with E-state index in [0.717, 1.165) is 11.6 Å². The average molecular weight is 350 g/mol. The predicted molar refractivity (Wildman–Crippen MR) is 90.0 cm³/mol. The van der Waals surface area contributed by atoms with E-state index >= 15 is 0 Å². The van der Waals surface area contributed by atoms with Gasteiger partial charge in [0.25, 0.3) is 0 Å². The van der Waals surface area contributed by atoms with Gasteiger partial charge in [-0.3, -0.25) is 0 Å². The molecule has 3 rings (SSSR count). The van der Waals surface area contributed by atoms with Gasteiger partial charge in [-0.25, -0.2) is 18.7 Å².